The largest absolute Gasteiger partial charge is 0.497 e. The third-order valence-electron chi connectivity index (χ3n) is 5.17. The Morgan fingerprint density at radius 3 is 2.58 bits per heavy atom. The van der Waals surface area contributed by atoms with Crippen molar-refractivity contribution in [1.82, 2.24) is 9.80 Å². The van der Waals surface area contributed by atoms with E-state index < -0.39 is 6.04 Å². The van der Waals surface area contributed by atoms with Crippen LogP contribution in [0.5, 0.6) is 5.75 Å². The smallest absolute Gasteiger partial charge is 0.255 e. The lowest BCUT2D eigenvalue weighted by Gasteiger charge is -2.40. The number of carbonyl (C=O) groups excluding carboxylic acids is 2. The van der Waals surface area contributed by atoms with Gasteiger partial charge in [0.25, 0.3) is 5.91 Å². The Bertz CT molecular complexity index is 1030. The number of hydrogen-bond donors (Lipinski definition) is 1. The van der Waals surface area contributed by atoms with Crippen LogP contribution in [0, 0.1) is 0 Å². The SMILES string of the molecule is C=CC(=O)N1CCN(C(=O)c2cc(OC)cc(Cl)c2-c2cc(Cl)ccc2Cl)C(CO)C1. The van der Waals surface area contributed by atoms with Crippen molar-refractivity contribution in [2.45, 2.75) is 6.04 Å². The molecule has 0 bridgehead atoms. The summed E-state index contributed by atoms with van der Waals surface area (Å²) in [6.07, 6.45) is 1.22. The van der Waals surface area contributed by atoms with Gasteiger partial charge >= 0.3 is 0 Å². The van der Waals surface area contributed by atoms with Crippen LogP contribution in [0.25, 0.3) is 11.1 Å². The van der Waals surface area contributed by atoms with Crippen LogP contribution in [0.4, 0.5) is 0 Å². The fourth-order valence-corrected chi connectivity index (χ4v) is 4.29. The Morgan fingerprint density at radius 1 is 1.19 bits per heavy atom. The Morgan fingerprint density at radius 2 is 1.94 bits per heavy atom. The summed E-state index contributed by atoms with van der Waals surface area (Å²) in [5.74, 6) is -0.214. The van der Waals surface area contributed by atoms with Crippen molar-refractivity contribution in [3.8, 4) is 16.9 Å². The number of aliphatic hydroxyl groups is 1. The third-order valence-corrected chi connectivity index (χ3v) is 6.03. The van der Waals surface area contributed by atoms with Gasteiger partial charge in [-0.25, -0.2) is 0 Å². The van der Waals surface area contributed by atoms with Crippen LogP contribution in [0.2, 0.25) is 15.1 Å². The number of benzene rings is 2. The van der Waals surface area contributed by atoms with Gasteiger partial charge in [0, 0.05) is 40.8 Å². The predicted octanol–water partition coefficient (Wildman–Crippen LogP) is 4.15. The highest BCUT2D eigenvalue weighted by atomic mass is 35.5. The molecule has 1 saturated heterocycles. The van der Waals surface area contributed by atoms with Crippen molar-refractivity contribution in [3.63, 3.8) is 0 Å². The fourth-order valence-electron chi connectivity index (χ4n) is 3.59. The minimum absolute atomic E-state index is 0.193. The number of piperazine rings is 1. The zero-order valence-electron chi connectivity index (χ0n) is 16.8. The topological polar surface area (TPSA) is 70.1 Å². The molecular formula is C22H21Cl3N2O4. The van der Waals surface area contributed by atoms with Gasteiger partial charge in [0.2, 0.25) is 5.91 Å². The summed E-state index contributed by atoms with van der Waals surface area (Å²) < 4.78 is 5.31. The van der Waals surface area contributed by atoms with Gasteiger partial charge in [-0.2, -0.15) is 0 Å². The molecule has 6 nitrogen and oxygen atoms in total. The van der Waals surface area contributed by atoms with Gasteiger partial charge in [0.1, 0.15) is 5.75 Å². The second kappa shape index (κ2) is 9.92. The summed E-state index contributed by atoms with van der Waals surface area (Å²) in [7, 11) is 1.47. The Balaban J connectivity index is 2.08. The maximum Gasteiger partial charge on any atom is 0.255 e. The highest BCUT2D eigenvalue weighted by Crippen LogP contribution is 2.40. The molecule has 3 rings (SSSR count). The number of methoxy groups -OCH3 is 1. The molecule has 1 unspecified atom stereocenters. The van der Waals surface area contributed by atoms with E-state index in [9.17, 15) is 14.7 Å². The summed E-state index contributed by atoms with van der Waals surface area (Å²) in [5.41, 5.74) is 1.18. The van der Waals surface area contributed by atoms with Crippen LogP contribution in [0.1, 0.15) is 10.4 Å². The molecule has 1 heterocycles. The zero-order chi connectivity index (χ0) is 22.7. The lowest BCUT2D eigenvalue weighted by atomic mass is 9.97. The molecule has 1 aliphatic heterocycles. The monoisotopic (exact) mass is 482 g/mol. The maximum atomic E-state index is 13.6. The molecule has 0 spiro atoms. The van der Waals surface area contributed by atoms with Crippen LogP contribution in [-0.4, -0.2) is 66.1 Å². The highest BCUT2D eigenvalue weighted by Gasteiger charge is 2.34. The van der Waals surface area contributed by atoms with Crippen LogP contribution in [0.15, 0.2) is 43.0 Å². The van der Waals surface area contributed by atoms with E-state index in [4.69, 9.17) is 39.5 Å². The molecule has 2 amide bonds. The van der Waals surface area contributed by atoms with E-state index in [1.165, 1.54) is 18.1 Å². The highest BCUT2D eigenvalue weighted by molar-refractivity contribution is 6.38. The van der Waals surface area contributed by atoms with Crippen LogP contribution in [0.3, 0.4) is 0 Å². The maximum absolute atomic E-state index is 13.6. The van der Waals surface area contributed by atoms with E-state index in [-0.39, 0.29) is 42.1 Å². The van der Waals surface area contributed by atoms with Gasteiger partial charge in [-0.15, -0.1) is 0 Å². The molecule has 2 aromatic carbocycles. The molecule has 0 aromatic heterocycles. The summed E-state index contributed by atoms with van der Waals surface area (Å²) >= 11 is 19.1. The van der Waals surface area contributed by atoms with Gasteiger partial charge < -0.3 is 19.6 Å². The van der Waals surface area contributed by atoms with E-state index in [0.717, 1.165) is 0 Å². The third kappa shape index (κ3) is 4.83. The first-order valence-electron chi connectivity index (χ1n) is 9.46. The number of ether oxygens (including phenoxy) is 1. The Labute approximate surface area is 195 Å². The Hall–Kier alpha value is -2.25. The number of carbonyl (C=O) groups is 2. The van der Waals surface area contributed by atoms with Crippen LogP contribution in [-0.2, 0) is 4.79 Å². The van der Waals surface area contributed by atoms with Crippen LogP contribution >= 0.6 is 34.8 Å². The van der Waals surface area contributed by atoms with Crippen molar-refractivity contribution < 1.29 is 19.4 Å². The van der Waals surface area contributed by atoms with Crippen molar-refractivity contribution in [2.75, 3.05) is 33.4 Å². The average Bonchev–Trinajstić information content (AvgIpc) is 2.78. The van der Waals surface area contributed by atoms with E-state index in [1.54, 1.807) is 35.2 Å². The molecule has 2 aromatic rings. The molecule has 9 heteroatoms. The number of halogens is 3. The normalized spacial score (nSPS) is 16.2. The van der Waals surface area contributed by atoms with Gasteiger partial charge in [-0.05, 0) is 36.4 Å². The minimum Gasteiger partial charge on any atom is -0.497 e. The summed E-state index contributed by atoms with van der Waals surface area (Å²) in [6.45, 7) is 3.93. The fraction of sp³-hybridized carbons (Fsp3) is 0.273. The van der Waals surface area contributed by atoms with Crippen molar-refractivity contribution >= 4 is 46.6 Å². The summed E-state index contributed by atoms with van der Waals surface area (Å²) in [4.78, 5) is 28.7. The molecule has 0 aliphatic carbocycles. The number of amides is 2. The van der Waals surface area contributed by atoms with E-state index in [0.29, 0.717) is 33.5 Å². The van der Waals surface area contributed by atoms with Crippen LogP contribution < -0.4 is 4.74 Å². The quantitative estimate of drug-likeness (QED) is 0.649. The summed E-state index contributed by atoms with van der Waals surface area (Å²) in [5, 5.41) is 11.0. The van der Waals surface area contributed by atoms with Gasteiger partial charge in [0.15, 0.2) is 0 Å². The lowest BCUT2D eigenvalue weighted by Crippen LogP contribution is -2.57. The molecule has 164 valence electrons. The van der Waals surface area contributed by atoms with Gasteiger partial charge in [-0.3, -0.25) is 9.59 Å². The molecule has 0 radical (unpaired) electrons. The number of aliphatic hydroxyl groups excluding tert-OH is 1. The zero-order valence-corrected chi connectivity index (χ0v) is 19.0. The number of nitrogens with zero attached hydrogens (tertiary/aromatic N) is 2. The first-order chi connectivity index (χ1) is 14.8. The van der Waals surface area contributed by atoms with E-state index in [2.05, 4.69) is 6.58 Å². The number of rotatable bonds is 5. The molecule has 1 atom stereocenters. The molecule has 0 saturated carbocycles. The molecule has 31 heavy (non-hydrogen) atoms. The average molecular weight is 484 g/mol. The molecule has 1 aliphatic rings. The van der Waals surface area contributed by atoms with E-state index in [1.807, 2.05) is 0 Å². The van der Waals surface area contributed by atoms with Crippen molar-refractivity contribution in [1.29, 1.82) is 0 Å². The lowest BCUT2D eigenvalue weighted by molar-refractivity contribution is -0.128. The molecule has 1 N–H and O–H groups in total. The molecule has 1 fully saturated rings. The first kappa shape index (κ1) is 23.4. The van der Waals surface area contributed by atoms with Crippen molar-refractivity contribution in [2.24, 2.45) is 0 Å². The standard InChI is InChI=1S/C22H21Cl3N2O4/c1-3-20(29)26-6-7-27(14(11-26)12-28)22(30)17-9-15(31-2)10-19(25)21(17)16-8-13(23)4-5-18(16)24/h3-5,8-10,14,28H,1,6-7,11-12H2,2H3. The molecular weight excluding hydrogens is 463 g/mol. The first-order valence-corrected chi connectivity index (χ1v) is 10.6. The van der Waals surface area contributed by atoms with Gasteiger partial charge in [0.05, 0.1) is 30.3 Å². The Kier molecular flexibility index (Phi) is 7.49. The second-order valence-electron chi connectivity index (χ2n) is 6.98. The minimum atomic E-state index is -0.585. The van der Waals surface area contributed by atoms with Gasteiger partial charge in [-0.1, -0.05) is 41.4 Å². The summed E-state index contributed by atoms with van der Waals surface area (Å²) in [6, 6.07) is 7.50. The number of hydrogen-bond acceptors (Lipinski definition) is 4. The van der Waals surface area contributed by atoms with E-state index >= 15 is 0 Å². The predicted molar refractivity (Wildman–Crippen MR) is 122 cm³/mol. The van der Waals surface area contributed by atoms with Crippen molar-refractivity contribution in [3.05, 3.63) is 63.6 Å². The second-order valence-corrected chi connectivity index (χ2v) is 8.23.